The van der Waals surface area contributed by atoms with Crippen LogP contribution >= 0.6 is 0 Å². The molecule has 13 aromatic carbocycles. The molecule has 0 heteroatoms. The third-order valence-electron chi connectivity index (χ3n) is 18.4. The summed E-state index contributed by atoms with van der Waals surface area (Å²) >= 11 is 0. The van der Waals surface area contributed by atoms with Crippen LogP contribution in [0.1, 0.15) is 69.5 Å². The minimum Gasteiger partial charge on any atom is -0.0622 e. The van der Waals surface area contributed by atoms with Gasteiger partial charge in [-0.25, -0.2) is 0 Å². The molecule has 370 valence electrons. The Morgan fingerprint density at radius 1 is 0.203 bits per heavy atom. The lowest BCUT2D eigenvalue weighted by Crippen LogP contribution is -2.28. The molecule has 0 bridgehead atoms. The summed E-state index contributed by atoms with van der Waals surface area (Å²) in [5, 5.41) is 5.37. The fourth-order valence-corrected chi connectivity index (χ4v) is 14.8. The van der Waals surface area contributed by atoms with Crippen molar-refractivity contribution >= 4 is 21.5 Å². The van der Waals surface area contributed by atoms with Crippen LogP contribution in [-0.4, -0.2) is 0 Å². The highest BCUT2D eigenvalue weighted by Gasteiger charge is 2.47. The topological polar surface area (TPSA) is 0 Å². The first-order valence-electron chi connectivity index (χ1n) is 27.9. The molecule has 3 aliphatic rings. The van der Waals surface area contributed by atoms with Gasteiger partial charge in [-0.1, -0.05) is 269 Å². The average Bonchev–Trinajstić information content (AvgIpc) is 4.13. The molecule has 0 fully saturated rings. The van der Waals surface area contributed by atoms with Crippen LogP contribution in [0.5, 0.6) is 0 Å². The third-order valence-corrected chi connectivity index (χ3v) is 18.4. The molecule has 0 nitrogen and oxygen atoms in total. The van der Waals surface area contributed by atoms with Crippen molar-refractivity contribution in [2.24, 2.45) is 0 Å². The van der Waals surface area contributed by atoms with E-state index in [-0.39, 0.29) is 5.41 Å². The Hall–Kier alpha value is -9.62. The predicted octanol–water partition coefficient (Wildman–Crippen LogP) is 20.0. The second-order valence-electron chi connectivity index (χ2n) is 22.7. The van der Waals surface area contributed by atoms with Crippen molar-refractivity contribution in [1.29, 1.82) is 0 Å². The van der Waals surface area contributed by atoms with Gasteiger partial charge >= 0.3 is 0 Å². The van der Waals surface area contributed by atoms with Crippen LogP contribution in [0.25, 0.3) is 88.3 Å². The molecule has 0 spiro atoms. The van der Waals surface area contributed by atoms with Crippen LogP contribution in [-0.2, 0) is 16.2 Å². The molecule has 0 atom stereocenters. The molecule has 16 rings (SSSR count). The number of fused-ring (bicyclic) bond motifs is 6. The van der Waals surface area contributed by atoms with Gasteiger partial charge in [-0.3, -0.25) is 0 Å². The van der Waals surface area contributed by atoms with E-state index in [0.717, 1.165) is 0 Å². The van der Waals surface area contributed by atoms with Gasteiger partial charge in [-0.15, -0.1) is 0 Å². The highest BCUT2D eigenvalue weighted by Crippen LogP contribution is 2.59. The fourth-order valence-electron chi connectivity index (χ4n) is 14.8. The molecule has 13 aromatic rings. The first kappa shape index (κ1) is 45.6. The average molecular weight is 1000 g/mol. The smallest absolute Gasteiger partial charge is 0.0622 e. The fraction of sp³-hybridized carbons (Fsp3) is 0.0633. The van der Waals surface area contributed by atoms with E-state index in [0.29, 0.717) is 0 Å². The van der Waals surface area contributed by atoms with Crippen LogP contribution < -0.4 is 0 Å². The molecule has 0 saturated heterocycles. The van der Waals surface area contributed by atoms with E-state index in [4.69, 9.17) is 0 Å². The molecule has 3 aliphatic carbocycles. The van der Waals surface area contributed by atoms with E-state index in [1.807, 2.05) is 0 Å². The highest BCUT2D eigenvalue weighted by atomic mass is 14.5. The number of rotatable bonds is 8. The highest BCUT2D eigenvalue weighted by molar-refractivity contribution is 6.16. The van der Waals surface area contributed by atoms with E-state index in [1.165, 1.54) is 144 Å². The molecule has 0 heterocycles. The van der Waals surface area contributed by atoms with Gasteiger partial charge in [0.15, 0.2) is 0 Å². The predicted molar refractivity (Wildman–Crippen MR) is 330 cm³/mol. The van der Waals surface area contributed by atoms with E-state index >= 15 is 0 Å². The van der Waals surface area contributed by atoms with Crippen molar-refractivity contribution in [3.8, 4) is 66.8 Å². The zero-order chi connectivity index (χ0) is 52.5. The van der Waals surface area contributed by atoms with Crippen molar-refractivity contribution in [2.45, 2.75) is 30.1 Å². The van der Waals surface area contributed by atoms with E-state index < -0.39 is 10.8 Å². The molecule has 0 unspecified atom stereocenters. The molecule has 79 heavy (non-hydrogen) atoms. The Morgan fingerprint density at radius 3 is 0.835 bits per heavy atom. The van der Waals surface area contributed by atoms with Crippen molar-refractivity contribution < 1.29 is 0 Å². The van der Waals surface area contributed by atoms with Crippen molar-refractivity contribution in [2.75, 3.05) is 0 Å². The molecule has 0 radical (unpaired) electrons. The standard InChI is InChI=1S/C79H54/c1-77(2)73-49-59(53-35-31-51(32-36-53)55-41-43-67-65-27-15-17-29-69(65)78(71(67)47-55,61-19-7-3-8-20-61)62-21-9-4-10-22-62)45-57-39-40-58-46-60(50-74(77)76(58)75(57)73)54-37-33-52(34-38-54)56-42-44-68-66-28-16-18-30-70(66)79(72(68)48-56,63-23-11-5-12-24-63)64-25-13-6-14-26-64/h3-50H,1-2H3. The van der Waals surface area contributed by atoms with Gasteiger partial charge in [0.05, 0.1) is 10.8 Å². The first-order chi connectivity index (χ1) is 38.9. The number of benzene rings is 13. The summed E-state index contributed by atoms with van der Waals surface area (Å²) in [7, 11) is 0. The Morgan fingerprint density at radius 2 is 0.481 bits per heavy atom. The quantitative estimate of drug-likeness (QED) is 0.133. The van der Waals surface area contributed by atoms with Gasteiger partial charge in [-0.05, 0) is 180 Å². The first-order valence-corrected chi connectivity index (χ1v) is 27.9. The summed E-state index contributed by atoms with van der Waals surface area (Å²) in [4.78, 5) is 0. The zero-order valence-corrected chi connectivity index (χ0v) is 44.2. The summed E-state index contributed by atoms with van der Waals surface area (Å²) in [5.41, 5.74) is 27.2. The monoisotopic (exact) mass is 1000 g/mol. The lowest BCUT2D eigenvalue weighted by atomic mass is 9.67. The lowest BCUT2D eigenvalue weighted by Gasteiger charge is -2.34. The molecule has 0 saturated carbocycles. The summed E-state index contributed by atoms with van der Waals surface area (Å²) in [6.07, 6.45) is 0. The summed E-state index contributed by atoms with van der Waals surface area (Å²) in [6, 6.07) is 110. The van der Waals surface area contributed by atoms with Crippen molar-refractivity contribution in [1.82, 2.24) is 0 Å². The van der Waals surface area contributed by atoms with E-state index in [9.17, 15) is 0 Å². The Balaban J connectivity index is 0.725. The van der Waals surface area contributed by atoms with Gasteiger partial charge in [0.1, 0.15) is 0 Å². The Kier molecular flexibility index (Phi) is 9.92. The number of hydrogen-bond donors (Lipinski definition) is 0. The normalized spacial score (nSPS) is 14.5. The van der Waals surface area contributed by atoms with Crippen LogP contribution in [0, 0.1) is 0 Å². The summed E-state index contributed by atoms with van der Waals surface area (Å²) in [5.74, 6) is 0. The largest absolute Gasteiger partial charge is 0.0713 e. The lowest BCUT2D eigenvalue weighted by molar-refractivity contribution is 0.663. The van der Waals surface area contributed by atoms with Gasteiger partial charge in [0.2, 0.25) is 0 Å². The minimum atomic E-state index is -0.432. The zero-order valence-electron chi connectivity index (χ0n) is 44.2. The molecule has 0 amide bonds. The SMILES string of the molecule is CC1(C)c2cc(-c3ccc(-c4ccc5c(c4)C(c4ccccc4)(c4ccccc4)c4ccccc4-5)cc3)cc3ccc4cc(-c5ccc(-c6ccc7c(c6)C(c6ccccc6)(c6ccccc6)c6ccccc6-7)cc5)cc1c4c23. The summed E-state index contributed by atoms with van der Waals surface area (Å²) < 4.78 is 0. The Labute approximate surface area is 462 Å². The minimum absolute atomic E-state index is 0.190. The van der Waals surface area contributed by atoms with Crippen LogP contribution in [0.4, 0.5) is 0 Å². The molecular weight excluding hydrogens is 949 g/mol. The molecule has 0 aliphatic heterocycles. The maximum absolute atomic E-state index is 2.48. The molecular formula is C79H54. The van der Waals surface area contributed by atoms with Crippen molar-refractivity contribution in [3.05, 3.63) is 347 Å². The number of hydrogen-bond acceptors (Lipinski definition) is 0. The van der Waals surface area contributed by atoms with Gasteiger partial charge in [0.25, 0.3) is 0 Å². The van der Waals surface area contributed by atoms with E-state index in [2.05, 4.69) is 305 Å². The third kappa shape index (κ3) is 6.50. The van der Waals surface area contributed by atoms with Gasteiger partial charge in [-0.2, -0.15) is 0 Å². The second kappa shape index (κ2) is 17.2. The van der Waals surface area contributed by atoms with Gasteiger partial charge in [0, 0.05) is 5.41 Å². The maximum atomic E-state index is 2.48. The van der Waals surface area contributed by atoms with E-state index in [1.54, 1.807) is 0 Å². The van der Waals surface area contributed by atoms with Gasteiger partial charge < -0.3 is 0 Å². The second-order valence-corrected chi connectivity index (χ2v) is 22.7. The molecule has 0 aromatic heterocycles. The van der Waals surface area contributed by atoms with Crippen molar-refractivity contribution in [3.63, 3.8) is 0 Å². The maximum Gasteiger partial charge on any atom is 0.0713 e. The molecule has 0 N–H and O–H groups in total. The van der Waals surface area contributed by atoms with Crippen LogP contribution in [0.15, 0.2) is 291 Å². The van der Waals surface area contributed by atoms with Crippen LogP contribution in [0.3, 0.4) is 0 Å². The summed E-state index contributed by atoms with van der Waals surface area (Å²) in [6.45, 7) is 4.84. The Bertz CT molecular complexity index is 4190. The van der Waals surface area contributed by atoms with Crippen LogP contribution in [0.2, 0.25) is 0 Å².